The van der Waals surface area contributed by atoms with Crippen molar-refractivity contribution in [3.05, 3.63) is 0 Å². The van der Waals surface area contributed by atoms with Crippen LogP contribution in [0.4, 0.5) is 4.79 Å². The summed E-state index contributed by atoms with van der Waals surface area (Å²) in [6.45, 7) is 5.07. The summed E-state index contributed by atoms with van der Waals surface area (Å²) < 4.78 is 0. The molecule has 1 saturated carbocycles. The lowest BCUT2D eigenvalue weighted by molar-refractivity contribution is -0.127. The lowest BCUT2D eigenvalue weighted by Crippen LogP contribution is -2.60. The first-order valence-electron chi connectivity index (χ1n) is 7.21. The second kappa shape index (κ2) is 6.23. The van der Waals surface area contributed by atoms with Crippen molar-refractivity contribution in [2.45, 2.75) is 38.1 Å². The quantitative estimate of drug-likeness (QED) is 0.564. The molecular weight excluding hydrogens is 244 g/mol. The van der Waals surface area contributed by atoms with Crippen molar-refractivity contribution < 1.29 is 9.59 Å². The summed E-state index contributed by atoms with van der Waals surface area (Å²) in [6.07, 6.45) is 3.45. The third-order valence-electron chi connectivity index (χ3n) is 4.00. The molecule has 6 heteroatoms. The van der Waals surface area contributed by atoms with Gasteiger partial charge >= 0.3 is 6.03 Å². The molecule has 108 valence electrons. The molecule has 1 aliphatic heterocycles. The predicted molar refractivity (Wildman–Crippen MR) is 72.8 cm³/mol. The highest BCUT2D eigenvalue weighted by Crippen LogP contribution is 2.30. The van der Waals surface area contributed by atoms with Crippen LogP contribution in [0.3, 0.4) is 0 Å². The number of hydrogen-bond acceptors (Lipinski definition) is 3. The molecule has 0 aromatic heterocycles. The summed E-state index contributed by atoms with van der Waals surface area (Å²) in [5.41, 5.74) is -0.698. The minimum Gasteiger partial charge on any atom is -0.354 e. The van der Waals surface area contributed by atoms with Crippen LogP contribution in [0.5, 0.6) is 0 Å². The Hall–Kier alpha value is -1.30. The fourth-order valence-electron chi connectivity index (χ4n) is 2.71. The number of rotatable bonds is 5. The van der Waals surface area contributed by atoms with Gasteiger partial charge in [-0.05, 0) is 19.8 Å². The Labute approximate surface area is 114 Å². The Bertz CT molecular complexity index is 336. The van der Waals surface area contributed by atoms with Gasteiger partial charge in [0.1, 0.15) is 5.54 Å². The van der Waals surface area contributed by atoms with Gasteiger partial charge in [-0.3, -0.25) is 4.79 Å². The second-order valence-electron chi connectivity index (χ2n) is 5.51. The van der Waals surface area contributed by atoms with E-state index in [2.05, 4.69) is 21.3 Å². The SMILES string of the molecule is CCNC(=O)NC1(C(=O)NCC2CNC2)CCCC1. The lowest BCUT2D eigenvalue weighted by Gasteiger charge is -2.32. The molecule has 0 bridgehead atoms. The van der Waals surface area contributed by atoms with Crippen LogP contribution in [0.1, 0.15) is 32.6 Å². The van der Waals surface area contributed by atoms with Crippen LogP contribution in [-0.2, 0) is 4.79 Å². The number of carbonyl (C=O) groups is 2. The zero-order chi connectivity index (χ0) is 13.7. The molecule has 1 saturated heterocycles. The van der Waals surface area contributed by atoms with E-state index >= 15 is 0 Å². The molecule has 2 aliphatic rings. The summed E-state index contributed by atoms with van der Waals surface area (Å²) in [4.78, 5) is 24.1. The van der Waals surface area contributed by atoms with Crippen LogP contribution in [0.15, 0.2) is 0 Å². The minimum atomic E-state index is -0.698. The maximum absolute atomic E-state index is 12.4. The first-order valence-corrected chi connectivity index (χ1v) is 7.21. The third-order valence-corrected chi connectivity index (χ3v) is 4.00. The smallest absolute Gasteiger partial charge is 0.315 e. The molecule has 0 aromatic carbocycles. The summed E-state index contributed by atoms with van der Waals surface area (Å²) in [6, 6.07) is -0.245. The maximum Gasteiger partial charge on any atom is 0.315 e. The van der Waals surface area contributed by atoms with Crippen molar-refractivity contribution in [3.8, 4) is 0 Å². The van der Waals surface area contributed by atoms with E-state index < -0.39 is 5.54 Å². The highest BCUT2D eigenvalue weighted by atomic mass is 16.2. The third kappa shape index (κ3) is 3.37. The van der Waals surface area contributed by atoms with Gasteiger partial charge in [0.25, 0.3) is 0 Å². The zero-order valence-electron chi connectivity index (χ0n) is 11.6. The van der Waals surface area contributed by atoms with Crippen molar-refractivity contribution in [1.82, 2.24) is 21.3 Å². The van der Waals surface area contributed by atoms with Gasteiger partial charge in [-0.2, -0.15) is 0 Å². The van der Waals surface area contributed by atoms with Crippen LogP contribution < -0.4 is 21.3 Å². The monoisotopic (exact) mass is 268 g/mol. The summed E-state index contributed by atoms with van der Waals surface area (Å²) in [5, 5.41) is 11.7. The molecule has 1 aliphatic carbocycles. The van der Waals surface area contributed by atoms with E-state index in [4.69, 9.17) is 0 Å². The van der Waals surface area contributed by atoms with Crippen molar-refractivity contribution in [2.24, 2.45) is 5.92 Å². The van der Waals surface area contributed by atoms with Gasteiger partial charge in [-0.1, -0.05) is 12.8 Å². The predicted octanol–water partition coefficient (Wildman–Crippen LogP) is -0.0461. The molecule has 6 nitrogen and oxygen atoms in total. The van der Waals surface area contributed by atoms with Crippen LogP contribution in [-0.4, -0.2) is 43.7 Å². The van der Waals surface area contributed by atoms with Crippen molar-refractivity contribution >= 4 is 11.9 Å². The zero-order valence-corrected chi connectivity index (χ0v) is 11.6. The Morgan fingerprint density at radius 1 is 1.21 bits per heavy atom. The van der Waals surface area contributed by atoms with E-state index in [1.165, 1.54) is 0 Å². The Balaban J connectivity index is 1.89. The molecule has 0 aromatic rings. The molecule has 3 amide bonds. The van der Waals surface area contributed by atoms with Crippen molar-refractivity contribution in [2.75, 3.05) is 26.2 Å². The minimum absolute atomic E-state index is 0.0249. The Kier molecular flexibility index (Phi) is 4.63. The first kappa shape index (κ1) is 14.1. The van der Waals surface area contributed by atoms with E-state index in [0.717, 1.165) is 38.8 Å². The van der Waals surface area contributed by atoms with E-state index in [1.54, 1.807) is 0 Å². The number of nitrogens with one attached hydrogen (secondary N) is 4. The second-order valence-corrected chi connectivity index (χ2v) is 5.51. The summed E-state index contributed by atoms with van der Waals surface area (Å²) in [7, 11) is 0. The van der Waals surface area contributed by atoms with Gasteiger partial charge in [-0.15, -0.1) is 0 Å². The van der Waals surface area contributed by atoms with Gasteiger partial charge < -0.3 is 21.3 Å². The molecular formula is C13H24N4O2. The molecule has 0 unspecified atom stereocenters. The van der Waals surface area contributed by atoms with Gasteiger partial charge in [0.05, 0.1) is 0 Å². The van der Waals surface area contributed by atoms with Gasteiger partial charge in [0, 0.05) is 32.1 Å². The van der Waals surface area contributed by atoms with E-state index in [9.17, 15) is 9.59 Å². The lowest BCUT2D eigenvalue weighted by atomic mass is 9.95. The molecule has 1 heterocycles. The number of amides is 3. The van der Waals surface area contributed by atoms with Crippen molar-refractivity contribution in [1.29, 1.82) is 0 Å². The fourth-order valence-corrected chi connectivity index (χ4v) is 2.71. The van der Waals surface area contributed by atoms with Crippen LogP contribution in [0.25, 0.3) is 0 Å². The molecule has 0 spiro atoms. The standard InChI is InChI=1S/C13H24N4O2/c1-2-15-12(19)17-13(5-3-4-6-13)11(18)16-9-10-7-14-8-10/h10,14H,2-9H2,1H3,(H,16,18)(H2,15,17,19). The maximum atomic E-state index is 12.4. The summed E-state index contributed by atoms with van der Waals surface area (Å²) in [5.74, 6) is 0.509. The largest absolute Gasteiger partial charge is 0.354 e. The Morgan fingerprint density at radius 3 is 2.42 bits per heavy atom. The Morgan fingerprint density at radius 2 is 1.89 bits per heavy atom. The highest BCUT2D eigenvalue weighted by molar-refractivity contribution is 5.91. The number of carbonyl (C=O) groups excluding carboxylic acids is 2. The van der Waals surface area contributed by atoms with Crippen LogP contribution >= 0.6 is 0 Å². The molecule has 0 atom stereocenters. The molecule has 4 N–H and O–H groups in total. The summed E-state index contributed by atoms with van der Waals surface area (Å²) >= 11 is 0. The molecule has 2 fully saturated rings. The van der Waals surface area contributed by atoms with E-state index in [1.807, 2.05) is 6.92 Å². The number of hydrogen-bond donors (Lipinski definition) is 4. The molecule has 0 radical (unpaired) electrons. The van der Waals surface area contributed by atoms with Crippen molar-refractivity contribution in [3.63, 3.8) is 0 Å². The normalized spacial score (nSPS) is 21.5. The van der Waals surface area contributed by atoms with Gasteiger partial charge in [0.2, 0.25) is 5.91 Å². The number of urea groups is 1. The van der Waals surface area contributed by atoms with Crippen LogP contribution in [0.2, 0.25) is 0 Å². The fraction of sp³-hybridized carbons (Fsp3) is 0.846. The topological polar surface area (TPSA) is 82.3 Å². The average molecular weight is 268 g/mol. The molecule has 2 rings (SSSR count). The highest BCUT2D eigenvalue weighted by Gasteiger charge is 2.42. The average Bonchev–Trinajstić information content (AvgIpc) is 2.76. The van der Waals surface area contributed by atoms with Crippen LogP contribution in [0, 0.1) is 5.92 Å². The van der Waals surface area contributed by atoms with Gasteiger partial charge in [-0.25, -0.2) is 4.79 Å². The molecule has 19 heavy (non-hydrogen) atoms. The first-order chi connectivity index (χ1) is 9.16. The van der Waals surface area contributed by atoms with Gasteiger partial charge in [0.15, 0.2) is 0 Å². The van der Waals surface area contributed by atoms with E-state index in [-0.39, 0.29) is 11.9 Å². The van der Waals surface area contributed by atoms with E-state index in [0.29, 0.717) is 19.0 Å².